The van der Waals surface area contributed by atoms with Crippen molar-refractivity contribution in [2.75, 3.05) is 18.4 Å². The van der Waals surface area contributed by atoms with E-state index in [4.69, 9.17) is 4.42 Å². The zero-order chi connectivity index (χ0) is 18.5. The number of anilines is 1. The van der Waals surface area contributed by atoms with Gasteiger partial charge < -0.3 is 15.1 Å². The third-order valence-electron chi connectivity index (χ3n) is 3.68. The molecular formula is C18H15N3O5. The van der Waals surface area contributed by atoms with Gasteiger partial charge in [0.2, 0.25) is 0 Å². The lowest BCUT2D eigenvalue weighted by Gasteiger charge is -2.08. The van der Waals surface area contributed by atoms with Crippen molar-refractivity contribution in [3.05, 3.63) is 80.7 Å². The van der Waals surface area contributed by atoms with Crippen molar-refractivity contribution in [2.24, 2.45) is 0 Å². The molecule has 0 aliphatic heterocycles. The monoisotopic (exact) mass is 353 g/mol. The van der Waals surface area contributed by atoms with Crippen LogP contribution < -0.4 is 16.1 Å². The Morgan fingerprint density at radius 1 is 1.08 bits per heavy atom. The number of para-hydroxylation sites is 1. The maximum atomic E-state index is 12.1. The van der Waals surface area contributed by atoms with Crippen LogP contribution in [0.5, 0.6) is 0 Å². The highest BCUT2D eigenvalue weighted by Gasteiger charge is 2.11. The lowest BCUT2D eigenvalue weighted by molar-refractivity contribution is -0.384. The highest BCUT2D eigenvalue weighted by Crippen LogP contribution is 2.15. The number of benzene rings is 2. The van der Waals surface area contributed by atoms with Crippen LogP contribution >= 0.6 is 0 Å². The number of carbonyl (C=O) groups is 1. The first-order valence-corrected chi connectivity index (χ1v) is 7.84. The van der Waals surface area contributed by atoms with Gasteiger partial charge in [0.05, 0.1) is 10.3 Å². The molecule has 1 heterocycles. The first-order valence-electron chi connectivity index (χ1n) is 7.84. The van der Waals surface area contributed by atoms with E-state index in [1.165, 1.54) is 18.2 Å². The Morgan fingerprint density at radius 2 is 1.81 bits per heavy atom. The molecule has 2 aromatic carbocycles. The molecule has 1 amide bonds. The molecule has 3 aromatic rings. The Balaban J connectivity index is 1.56. The smallest absolute Gasteiger partial charge is 0.287 e. The van der Waals surface area contributed by atoms with Crippen molar-refractivity contribution in [3.8, 4) is 0 Å². The first-order chi connectivity index (χ1) is 12.5. The fraction of sp³-hybridized carbons (Fsp3) is 0.111. The van der Waals surface area contributed by atoms with Crippen LogP contribution in [0, 0.1) is 10.1 Å². The largest absolute Gasteiger partial charge is 0.451 e. The zero-order valence-corrected chi connectivity index (χ0v) is 13.6. The molecule has 0 aliphatic carbocycles. The Labute approximate surface area is 147 Å². The summed E-state index contributed by atoms with van der Waals surface area (Å²) in [6, 6.07) is 13.8. The predicted molar refractivity (Wildman–Crippen MR) is 96.4 cm³/mol. The molecule has 0 saturated heterocycles. The molecule has 1 aromatic heterocycles. The Morgan fingerprint density at radius 3 is 2.54 bits per heavy atom. The van der Waals surface area contributed by atoms with Crippen LogP contribution in [0.3, 0.4) is 0 Å². The van der Waals surface area contributed by atoms with Crippen molar-refractivity contribution in [3.63, 3.8) is 0 Å². The molecule has 26 heavy (non-hydrogen) atoms. The summed E-state index contributed by atoms with van der Waals surface area (Å²) in [5.41, 5.74) is 0.785. The number of nitro groups is 1. The van der Waals surface area contributed by atoms with Gasteiger partial charge in [0, 0.05) is 37.0 Å². The third kappa shape index (κ3) is 3.86. The molecule has 8 nitrogen and oxygen atoms in total. The summed E-state index contributed by atoms with van der Waals surface area (Å²) in [6.45, 7) is 0.688. The second-order valence-corrected chi connectivity index (χ2v) is 5.46. The molecule has 0 spiro atoms. The number of hydrogen-bond acceptors (Lipinski definition) is 6. The first kappa shape index (κ1) is 17.2. The van der Waals surface area contributed by atoms with E-state index in [2.05, 4.69) is 10.6 Å². The number of rotatable bonds is 6. The highest BCUT2D eigenvalue weighted by atomic mass is 16.6. The predicted octanol–water partition coefficient (Wildman–Crippen LogP) is 2.54. The minimum Gasteiger partial charge on any atom is -0.451 e. The number of fused-ring (bicyclic) bond motifs is 1. The number of nitro benzene ring substituents is 1. The normalized spacial score (nSPS) is 10.5. The van der Waals surface area contributed by atoms with Crippen LogP contribution in [-0.2, 0) is 0 Å². The van der Waals surface area contributed by atoms with Gasteiger partial charge in [-0.3, -0.25) is 19.7 Å². The maximum absolute atomic E-state index is 12.1. The molecule has 0 fully saturated rings. The van der Waals surface area contributed by atoms with Gasteiger partial charge in [0.25, 0.3) is 11.6 Å². The topological polar surface area (TPSA) is 114 Å². The molecule has 0 radical (unpaired) electrons. The van der Waals surface area contributed by atoms with Gasteiger partial charge in [-0.1, -0.05) is 12.1 Å². The minimum atomic E-state index is -0.488. The number of nitrogens with one attached hydrogen (secondary N) is 2. The van der Waals surface area contributed by atoms with Gasteiger partial charge in [-0.05, 0) is 24.3 Å². The molecule has 132 valence electrons. The van der Waals surface area contributed by atoms with Gasteiger partial charge in [-0.2, -0.15) is 0 Å². The lowest BCUT2D eigenvalue weighted by Crippen LogP contribution is -2.29. The summed E-state index contributed by atoms with van der Waals surface area (Å²) in [7, 11) is 0. The van der Waals surface area contributed by atoms with Crippen molar-refractivity contribution in [2.45, 2.75) is 0 Å². The quantitative estimate of drug-likeness (QED) is 0.400. The molecule has 2 N–H and O–H groups in total. The van der Waals surface area contributed by atoms with Gasteiger partial charge >= 0.3 is 0 Å². The molecular weight excluding hydrogens is 338 g/mol. The molecule has 0 saturated carbocycles. The molecule has 0 atom stereocenters. The van der Waals surface area contributed by atoms with E-state index < -0.39 is 10.8 Å². The summed E-state index contributed by atoms with van der Waals surface area (Å²) in [5.74, 6) is -0.539. The zero-order valence-electron chi connectivity index (χ0n) is 13.6. The Bertz CT molecular complexity index is 1010. The van der Waals surface area contributed by atoms with Crippen LogP contribution in [-0.4, -0.2) is 23.9 Å². The summed E-state index contributed by atoms with van der Waals surface area (Å²) < 4.78 is 5.46. The summed E-state index contributed by atoms with van der Waals surface area (Å²) in [5, 5.41) is 16.7. The van der Waals surface area contributed by atoms with E-state index in [0.717, 1.165) is 0 Å². The van der Waals surface area contributed by atoms with Gasteiger partial charge in [0.15, 0.2) is 11.2 Å². The van der Waals surface area contributed by atoms with Crippen LogP contribution in [0.25, 0.3) is 11.0 Å². The number of nitrogens with zero attached hydrogens (tertiary/aromatic N) is 1. The average molecular weight is 353 g/mol. The fourth-order valence-corrected chi connectivity index (χ4v) is 2.39. The lowest BCUT2D eigenvalue weighted by atomic mass is 10.2. The van der Waals surface area contributed by atoms with Gasteiger partial charge in [-0.15, -0.1) is 0 Å². The second kappa shape index (κ2) is 7.47. The number of hydrogen-bond donors (Lipinski definition) is 2. The second-order valence-electron chi connectivity index (χ2n) is 5.46. The van der Waals surface area contributed by atoms with Crippen molar-refractivity contribution in [1.82, 2.24) is 5.32 Å². The SMILES string of the molecule is O=C(NCCNc1ccc([N+](=O)[O-])cc1)c1cc(=O)c2ccccc2o1. The van der Waals surface area contributed by atoms with E-state index in [9.17, 15) is 19.7 Å². The van der Waals surface area contributed by atoms with Crippen molar-refractivity contribution >= 4 is 28.3 Å². The summed E-state index contributed by atoms with van der Waals surface area (Å²) in [6.07, 6.45) is 0. The number of amides is 1. The van der Waals surface area contributed by atoms with Gasteiger partial charge in [-0.25, -0.2) is 0 Å². The number of carbonyl (C=O) groups excluding carboxylic acids is 1. The van der Waals surface area contributed by atoms with E-state index in [-0.39, 0.29) is 23.4 Å². The van der Waals surface area contributed by atoms with Gasteiger partial charge in [0.1, 0.15) is 5.58 Å². The van der Waals surface area contributed by atoms with Crippen LogP contribution in [0.15, 0.2) is 63.8 Å². The third-order valence-corrected chi connectivity index (χ3v) is 3.68. The van der Waals surface area contributed by atoms with Crippen LogP contribution in [0.1, 0.15) is 10.6 Å². The molecule has 0 bridgehead atoms. The molecule has 0 unspecified atom stereocenters. The Kier molecular flexibility index (Phi) is 4.93. The number of non-ortho nitro benzene ring substituents is 1. The van der Waals surface area contributed by atoms with Crippen molar-refractivity contribution in [1.29, 1.82) is 0 Å². The van der Waals surface area contributed by atoms with E-state index >= 15 is 0 Å². The molecule has 3 rings (SSSR count). The minimum absolute atomic E-state index is 0.00943. The highest BCUT2D eigenvalue weighted by molar-refractivity contribution is 5.93. The summed E-state index contributed by atoms with van der Waals surface area (Å²) >= 11 is 0. The fourth-order valence-electron chi connectivity index (χ4n) is 2.39. The van der Waals surface area contributed by atoms with Crippen LogP contribution in [0.4, 0.5) is 11.4 Å². The summed E-state index contributed by atoms with van der Waals surface area (Å²) in [4.78, 5) is 34.2. The van der Waals surface area contributed by atoms with Crippen LogP contribution in [0.2, 0.25) is 0 Å². The van der Waals surface area contributed by atoms with Crippen molar-refractivity contribution < 1.29 is 14.1 Å². The van der Waals surface area contributed by atoms with E-state index in [1.807, 2.05) is 0 Å². The average Bonchev–Trinajstić information content (AvgIpc) is 2.65. The van der Waals surface area contributed by atoms with E-state index in [0.29, 0.717) is 23.2 Å². The Hall–Kier alpha value is -3.68. The molecule has 8 heteroatoms. The molecule has 0 aliphatic rings. The maximum Gasteiger partial charge on any atom is 0.287 e. The standard InChI is InChI=1S/C18H15N3O5/c22-15-11-17(26-16-4-2-1-3-14(15)16)18(23)20-10-9-19-12-5-7-13(8-6-12)21(24)25/h1-8,11,19H,9-10H2,(H,20,23). The van der Waals surface area contributed by atoms with E-state index in [1.54, 1.807) is 36.4 Å².